The molecule has 0 aromatic carbocycles. The van der Waals surface area contributed by atoms with Gasteiger partial charge in [-0.3, -0.25) is 19.2 Å². The molecule has 0 spiro atoms. The van der Waals surface area contributed by atoms with Crippen molar-refractivity contribution in [3.8, 4) is 0 Å². The highest BCUT2D eigenvalue weighted by atomic mass is 16.4. The third-order valence-corrected chi connectivity index (χ3v) is 6.79. The lowest BCUT2D eigenvalue weighted by molar-refractivity contribution is -0.141. The molecule has 2 aliphatic carbocycles. The van der Waals surface area contributed by atoms with Gasteiger partial charge in [-0.05, 0) is 51.9 Å². The SMILES string of the molecule is CC1(C)CC(CC(NC(=O)[C@H](CC2CCCCC2)NC(=O)O)C(=O)C(=O)NC2CC2)C(=O)N1. The van der Waals surface area contributed by atoms with Crippen molar-refractivity contribution >= 4 is 29.6 Å². The molecule has 2 saturated carbocycles. The monoisotopic (exact) mass is 464 g/mol. The van der Waals surface area contributed by atoms with Crippen LogP contribution in [0.25, 0.3) is 0 Å². The number of rotatable bonds is 10. The van der Waals surface area contributed by atoms with Crippen LogP contribution in [-0.4, -0.2) is 58.4 Å². The van der Waals surface area contributed by atoms with Gasteiger partial charge in [0, 0.05) is 17.5 Å². The maximum absolute atomic E-state index is 13.1. The fourth-order valence-corrected chi connectivity index (χ4v) is 4.95. The number of carbonyl (C=O) groups is 5. The van der Waals surface area contributed by atoms with E-state index in [-0.39, 0.29) is 24.3 Å². The van der Waals surface area contributed by atoms with E-state index < -0.39 is 47.2 Å². The Morgan fingerprint density at radius 2 is 1.67 bits per heavy atom. The average molecular weight is 465 g/mol. The summed E-state index contributed by atoms with van der Waals surface area (Å²) in [6.07, 6.45) is 6.15. The summed E-state index contributed by atoms with van der Waals surface area (Å²) in [5.41, 5.74) is -0.440. The molecule has 0 bridgehead atoms. The molecule has 10 nitrogen and oxygen atoms in total. The molecule has 33 heavy (non-hydrogen) atoms. The van der Waals surface area contributed by atoms with Crippen molar-refractivity contribution in [2.75, 3.05) is 0 Å². The van der Waals surface area contributed by atoms with Crippen molar-refractivity contribution in [1.82, 2.24) is 21.3 Å². The van der Waals surface area contributed by atoms with Crippen LogP contribution in [0.3, 0.4) is 0 Å². The maximum Gasteiger partial charge on any atom is 0.405 e. The molecular formula is C23H36N4O6. The van der Waals surface area contributed by atoms with Gasteiger partial charge in [-0.25, -0.2) is 4.79 Å². The van der Waals surface area contributed by atoms with E-state index in [0.29, 0.717) is 12.8 Å². The van der Waals surface area contributed by atoms with Crippen molar-refractivity contribution in [3.05, 3.63) is 0 Å². The Bertz CT molecular complexity index is 788. The first-order valence-electron chi connectivity index (χ1n) is 12.0. The van der Waals surface area contributed by atoms with Gasteiger partial charge in [0.1, 0.15) is 6.04 Å². The molecule has 1 saturated heterocycles. The van der Waals surface area contributed by atoms with E-state index in [4.69, 9.17) is 0 Å². The van der Waals surface area contributed by atoms with Crippen molar-refractivity contribution in [2.24, 2.45) is 11.8 Å². The van der Waals surface area contributed by atoms with Crippen LogP contribution in [-0.2, 0) is 19.2 Å². The number of amides is 4. The van der Waals surface area contributed by atoms with E-state index in [9.17, 15) is 29.1 Å². The van der Waals surface area contributed by atoms with Crippen LogP contribution < -0.4 is 21.3 Å². The minimum atomic E-state index is -1.32. The summed E-state index contributed by atoms with van der Waals surface area (Å²) in [5, 5.41) is 19.6. The van der Waals surface area contributed by atoms with Crippen molar-refractivity contribution in [2.45, 2.75) is 102 Å². The van der Waals surface area contributed by atoms with Crippen molar-refractivity contribution < 1.29 is 29.1 Å². The predicted molar refractivity (Wildman–Crippen MR) is 119 cm³/mol. The van der Waals surface area contributed by atoms with Gasteiger partial charge >= 0.3 is 6.09 Å². The Morgan fingerprint density at radius 1 is 1.00 bits per heavy atom. The minimum Gasteiger partial charge on any atom is -0.465 e. The summed E-state index contributed by atoms with van der Waals surface area (Å²) in [6, 6.07) is -2.26. The van der Waals surface area contributed by atoms with E-state index in [0.717, 1.165) is 44.9 Å². The molecule has 3 aliphatic rings. The Labute approximate surface area is 194 Å². The third-order valence-electron chi connectivity index (χ3n) is 6.79. The second-order valence-corrected chi connectivity index (χ2v) is 10.4. The lowest BCUT2D eigenvalue weighted by atomic mass is 9.84. The van der Waals surface area contributed by atoms with Gasteiger partial charge in [0.05, 0.1) is 6.04 Å². The predicted octanol–water partition coefficient (Wildman–Crippen LogP) is 1.23. The molecule has 10 heteroatoms. The summed E-state index contributed by atoms with van der Waals surface area (Å²) in [5.74, 6) is -2.77. The lowest BCUT2D eigenvalue weighted by Crippen LogP contribution is -2.55. The quantitative estimate of drug-likeness (QED) is 0.307. The number of hydrogen-bond donors (Lipinski definition) is 5. The smallest absolute Gasteiger partial charge is 0.405 e. The first-order valence-corrected chi connectivity index (χ1v) is 12.0. The topological polar surface area (TPSA) is 154 Å². The van der Waals surface area contributed by atoms with Gasteiger partial charge in [0.25, 0.3) is 5.91 Å². The zero-order valence-corrected chi connectivity index (χ0v) is 19.4. The first kappa shape index (κ1) is 25.0. The van der Waals surface area contributed by atoms with Crippen LogP contribution in [0, 0.1) is 11.8 Å². The summed E-state index contributed by atoms with van der Waals surface area (Å²) < 4.78 is 0. The molecule has 2 unspecified atom stereocenters. The van der Waals surface area contributed by atoms with Crippen LogP contribution in [0.5, 0.6) is 0 Å². The molecule has 5 N–H and O–H groups in total. The molecule has 1 aliphatic heterocycles. The molecule has 0 aromatic rings. The molecule has 0 radical (unpaired) electrons. The molecule has 1 heterocycles. The Balaban J connectivity index is 1.71. The fourth-order valence-electron chi connectivity index (χ4n) is 4.95. The molecular weight excluding hydrogens is 428 g/mol. The van der Waals surface area contributed by atoms with E-state index in [1.165, 1.54) is 0 Å². The van der Waals surface area contributed by atoms with E-state index in [1.807, 2.05) is 13.8 Å². The Kier molecular flexibility index (Phi) is 7.97. The van der Waals surface area contributed by atoms with Gasteiger partial charge in [0.2, 0.25) is 17.6 Å². The standard InChI is InChI=1S/C23H36N4O6/c1-23(2)12-14(19(29)27-23)11-16(18(28)21(31)24-15-8-9-15)25-20(30)17(26-22(32)33)10-13-6-4-3-5-7-13/h13-17,26H,3-12H2,1-2H3,(H,24,31)(H,25,30)(H,27,29)(H,32,33)/t14?,16?,17-/m0/s1. The first-order chi connectivity index (χ1) is 15.5. The van der Waals surface area contributed by atoms with E-state index >= 15 is 0 Å². The number of ketones is 1. The highest BCUT2D eigenvalue weighted by molar-refractivity contribution is 6.38. The van der Waals surface area contributed by atoms with Gasteiger partial charge in [-0.1, -0.05) is 32.1 Å². The molecule has 184 valence electrons. The third kappa shape index (κ3) is 7.43. The van der Waals surface area contributed by atoms with Crippen LogP contribution in [0.4, 0.5) is 4.79 Å². The number of carboxylic acid groups (broad SMARTS) is 1. The van der Waals surface area contributed by atoms with Gasteiger partial charge in [-0.15, -0.1) is 0 Å². The number of carbonyl (C=O) groups excluding carboxylic acids is 4. The van der Waals surface area contributed by atoms with Crippen molar-refractivity contribution in [3.63, 3.8) is 0 Å². The second-order valence-electron chi connectivity index (χ2n) is 10.4. The summed E-state index contributed by atoms with van der Waals surface area (Å²) in [6.45, 7) is 3.74. The zero-order chi connectivity index (χ0) is 24.2. The van der Waals surface area contributed by atoms with Gasteiger partial charge < -0.3 is 26.4 Å². The van der Waals surface area contributed by atoms with Crippen LogP contribution in [0.1, 0.15) is 78.1 Å². The Hall–Kier alpha value is -2.65. The normalized spacial score (nSPS) is 24.3. The number of Topliss-reactive ketones (excluding diaryl/α,β-unsaturated/α-hetero) is 1. The fraction of sp³-hybridized carbons (Fsp3) is 0.783. The minimum absolute atomic E-state index is 0.0128. The Morgan fingerprint density at radius 3 is 2.21 bits per heavy atom. The highest BCUT2D eigenvalue weighted by Gasteiger charge is 2.42. The van der Waals surface area contributed by atoms with Crippen molar-refractivity contribution in [1.29, 1.82) is 0 Å². The lowest BCUT2D eigenvalue weighted by Gasteiger charge is -2.27. The number of nitrogens with one attached hydrogen (secondary N) is 4. The second kappa shape index (κ2) is 10.5. The van der Waals surface area contributed by atoms with Crippen LogP contribution in [0.2, 0.25) is 0 Å². The van der Waals surface area contributed by atoms with E-state index in [2.05, 4.69) is 21.3 Å². The highest BCUT2D eigenvalue weighted by Crippen LogP contribution is 2.29. The summed E-state index contributed by atoms with van der Waals surface area (Å²) in [7, 11) is 0. The van der Waals surface area contributed by atoms with Gasteiger partial charge in [-0.2, -0.15) is 0 Å². The van der Waals surface area contributed by atoms with Crippen LogP contribution in [0.15, 0.2) is 0 Å². The zero-order valence-electron chi connectivity index (χ0n) is 19.4. The summed E-state index contributed by atoms with van der Waals surface area (Å²) >= 11 is 0. The van der Waals surface area contributed by atoms with Gasteiger partial charge in [0.15, 0.2) is 0 Å². The molecule has 4 amide bonds. The summed E-state index contributed by atoms with van der Waals surface area (Å²) in [4.78, 5) is 62.2. The van der Waals surface area contributed by atoms with Crippen LogP contribution >= 0.6 is 0 Å². The number of hydrogen-bond acceptors (Lipinski definition) is 5. The molecule has 3 atom stereocenters. The maximum atomic E-state index is 13.1. The van der Waals surface area contributed by atoms with E-state index in [1.54, 1.807) is 0 Å². The largest absolute Gasteiger partial charge is 0.465 e. The molecule has 3 rings (SSSR count). The molecule has 0 aromatic heterocycles. The molecule has 3 fully saturated rings. The average Bonchev–Trinajstić information content (AvgIpc) is 3.50.